The van der Waals surface area contributed by atoms with Crippen LogP contribution in [0.2, 0.25) is 0 Å². The maximum atomic E-state index is 13.5. The van der Waals surface area contributed by atoms with Crippen LogP contribution in [0.15, 0.2) is 36.4 Å². The zero-order valence-electron chi connectivity index (χ0n) is 16.9. The molecular weight excluding hydrogens is 352 g/mol. The Bertz CT molecular complexity index is 853. The molecule has 0 radical (unpaired) electrons. The minimum absolute atomic E-state index is 0.285. The number of hydrogen-bond donors (Lipinski definition) is 0. The summed E-state index contributed by atoms with van der Waals surface area (Å²) in [6, 6.07) is 12.6. The number of carbonyl (C=O) groups excluding carboxylic acids is 1. The van der Waals surface area contributed by atoms with Crippen molar-refractivity contribution in [3.63, 3.8) is 0 Å². The number of nitrogens with zero attached hydrogens (tertiary/aromatic N) is 2. The van der Waals surface area contributed by atoms with Crippen molar-refractivity contribution in [1.29, 1.82) is 0 Å². The lowest BCUT2D eigenvalue weighted by atomic mass is 9.85. The Morgan fingerprint density at radius 1 is 1.04 bits per heavy atom. The van der Waals surface area contributed by atoms with Gasteiger partial charge in [0.2, 0.25) is 5.91 Å². The van der Waals surface area contributed by atoms with Crippen LogP contribution in [0.4, 0.5) is 0 Å². The lowest BCUT2D eigenvalue weighted by Gasteiger charge is -2.45. The number of hydrogen-bond acceptors (Lipinski definition) is 4. The first-order valence-corrected chi connectivity index (χ1v) is 10.3. The van der Waals surface area contributed by atoms with Gasteiger partial charge in [0.15, 0.2) is 0 Å². The van der Waals surface area contributed by atoms with Crippen LogP contribution in [0.5, 0.6) is 5.75 Å². The number of carbonyl (C=O) groups is 1. The number of rotatable bonds is 6. The van der Waals surface area contributed by atoms with E-state index in [4.69, 9.17) is 9.47 Å². The van der Waals surface area contributed by atoms with Gasteiger partial charge >= 0.3 is 0 Å². The van der Waals surface area contributed by atoms with Crippen molar-refractivity contribution < 1.29 is 14.3 Å². The molecule has 0 aromatic heterocycles. The summed E-state index contributed by atoms with van der Waals surface area (Å²) in [5, 5.41) is 2.42. The van der Waals surface area contributed by atoms with Gasteiger partial charge in [-0.25, -0.2) is 0 Å². The van der Waals surface area contributed by atoms with E-state index >= 15 is 0 Å². The summed E-state index contributed by atoms with van der Waals surface area (Å²) >= 11 is 0. The molecule has 4 rings (SSSR count). The predicted octanol–water partition coefficient (Wildman–Crippen LogP) is 3.45. The second-order valence-electron chi connectivity index (χ2n) is 7.91. The largest absolute Gasteiger partial charge is 0.496 e. The smallest absolute Gasteiger partial charge is 0.243 e. The third-order valence-electron chi connectivity index (χ3n) is 6.46. The summed E-state index contributed by atoms with van der Waals surface area (Å²) in [6.45, 7) is 3.82. The molecule has 28 heavy (non-hydrogen) atoms. The Hall–Kier alpha value is -2.11. The summed E-state index contributed by atoms with van der Waals surface area (Å²) < 4.78 is 10.9. The minimum atomic E-state index is -0.367. The first-order valence-electron chi connectivity index (χ1n) is 10.3. The Labute approximate surface area is 167 Å². The molecule has 1 unspecified atom stereocenters. The standard InChI is InChI=1S/C23H30N2O3/c1-27-16-15-24-13-5-11-23(22(24)26)12-6-14-25(23)17-20-19-8-4-3-7-18(19)9-10-21(20)28-2/h3-4,7-10H,5-6,11-17H2,1-2H3. The van der Waals surface area contributed by atoms with Crippen LogP contribution in [-0.2, 0) is 16.1 Å². The molecule has 0 bridgehead atoms. The molecule has 1 atom stereocenters. The summed E-state index contributed by atoms with van der Waals surface area (Å²) in [4.78, 5) is 17.9. The van der Waals surface area contributed by atoms with Crippen LogP contribution in [0.3, 0.4) is 0 Å². The topological polar surface area (TPSA) is 42.0 Å². The van der Waals surface area contributed by atoms with Crippen LogP contribution in [-0.4, -0.2) is 61.7 Å². The lowest BCUT2D eigenvalue weighted by Crippen LogP contribution is -2.60. The fourth-order valence-corrected chi connectivity index (χ4v) is 5.03. The highest BCUT2D eigenvalue weighted by molar-refractivity contribution is 5.89. The predicted molar refractivity (Wildman–Crippen MR) is 111 cm³/mol. The van der Waals surface area contributed by atoms with Crippen molar-refractivity contribution in [2.75, 3.05) is 40.5 Å². The van der Waals surface area contributed by atoms with Crippen LogP contribution >= 0.6 is 0 Å². The van der Waals surface area contributed by atoms with Gasteiger partial charge in [0.25, 0.3) is 0 Å². The van der Waals surface area contributed by atoms with E-state index in [2.05, 4.69) is 35.2 Å². The van der Waals surface area contributed by atoms with Gasteiger partial charge in [0.05, 0.1) is 13.7 Å². The lowest BCUT2D eigenvalue weighted by molar-refractivity contribution is -0.148. The summed E-state index contributed by atoms with van der Waals surface area (Å²) in [5.74, 6) is 1.19. The summed E-state index contributed by atoms with van der Waals surface area (Å²) in [5.41, 5.74) is 0.817. The van der Waals surface area contributed by atoms with Gasteiger partial charge in [-0.05, 0) is 49.1 Å². The molecule has 2 aliphatic rings. The molecule has 1 amide bonds. The van der Waals surface area contributed by atoms with Crippen molar-refractivity contribution in [2.24, 2.45) is 0 Å². The molecule has 0 N–H and O–H groups in total. The second-order valence-corrected chi connectivity index (χ2v) is 7.91. The van der Waals surface area contributed by atoms with E-state index < -0.39 is 0 Å². The average molecular weight is 383 g/mol. The van der Waals surface area contributed by atoms with E-state index in [1.807, 2.05) is 11.0 Å². The molecule has 2 aromatic rings. The highest BCUT2D eigenvalue weighted by atomic mass is 16.5. The number of methoxy groups -OCH3 is 2. The first-order chi connectivity index (χ1) is 13.7. The van der Waals surface area contributed by atoms with Gasteiger partial charge in [-0.15, -0.1) is 0 Å². The molecular formula is C23H30N2O3. The normalized spacial score (nSPS) is 23.1. The van der Waals surface area contributed by atoms with Gasteiger partial charge in [-0.3, -0.25) is 9.69 Å². The molecule has 0 aliphatic carbocycles. The zero-order chi connectivity index (χ0) is 19.6. The van der Waals surface area contributed by atoms with Crippen molar-refractivity contribution in [3.05, 3.63) is 42.0 Å². The Morgan fingerprint density at radius 3 is 2.61 bits per heavy atom. The van der Waals surface area contributed by atoms with E-state index in [0.717, 1.165) is 51.1 Å². The highest BCUT2D eigenvalue weighted by Gasteiger charge is 2.50. The number of piperidine rings is 1. The van der Waals surface area contributed by atoms with Crippen molar-refractivity contribution in [2.45, 2.75) is 37.8 Å². The molecule has 5 nitrogen and oxygen atoms in total. The van der Waals surface area contributed by atoms with Crippen molar-refractivity contribution in [1.82, 2.24) is 9.80 Å². The SMILES string of the molecule is COCCN1CCCC2(CCCN2Cc2c(OC)ccc3ccccc23)C1=O. The van der Waals surface area contributed by atoms with Gasteiger partial charge in [0, 0.05) is 32.3 Å². The third kappa shape index (κ3) is 3.27. The van der Waals surface area contributed by atoms with Crippen molar-refractivity contribution >= 4 is 16.7 Å². The third-order valence-corrected chi connectivity index (χ3v) is 6.46. The quantitative estimate of drug-likeness (QED) is 0.767. The van der Waals surface area contributed by atoms with E-state index in [-0.39, 0.29) is 11.4 Å². The van der Waals surface area contributed by atoms with Crippen LogP contribution in [0.25, 0.3) is 10.8 Å². The monoisotopic (exact) mass is 382 g/mol. The van der Waals surface area contributed by atoms with Crippen LogP contribution < -0.4 is 4.74 Å². The van der Waals surface area contributed by atoms with Gasteiger partial charge in [-0.2, -0.15) is 0 Å². The number of ether oxygens (including phenoxy) is 2. The Morgan fingerprint density at radius 2 is 1.82 bits per heavy atom. The number of benzene rings is 2. The number of likely N-dealkylation sites (tertiary alicyclic amines) is 2. The Balaban J connectivity index is 1.66. The maximum absolute atomic E-state index is 13.5. The van der Waals surface area contributed by atoms with Crippen LogP contribution in [0, 0.1) is 0 Å². The minimum Gasteiger partial charge on any atom is -0.496 e. The fraction of sp³-hybridized carbons (Fsp3) is 0.522. The molecule has 150 valence electrons. The average Bonchev–Trinajstić information content (AvgIpc) is 3.12. The summed E-state index contributed by atoms with van der Waals surface area (Å²) in [6.07, 6.45) is 4.01. The molecule has 1 spiro atoms. The summed E-state index contributed by atoms with van der Waals surface area (Å²) in [7, 11) is 3.42. The molecule has 0 saturated carbocycles. The van der Waals surface area contributed by atoms with Gasteiger partial charge in [-0.1, -0.05) is 30.3 Å². The molecule has 2 saturated heterocycles. The van der Waals surface area contributed by atoms with E-state index in [1.165, 1.54) is 16.3 Å². The molecule has 2 fully saturated rings. The van der Waals surface area contributed by atoms with E-state index in [0.29, 0.717) is 13.2 Å². The molecule has 2 aromatic carbocycles. The first kappa shape index (κ1) is 19.2. The van der Waals surface area contributed by atoms with E-state index in [9.17, 15) is 4.79 Å². The Kier molecular flexibility index (Phi) is 5.56. The van der Waals surface area contributed by atoms with Gasteiger partial charge in [0.1, 0.15) is 11.3 Å². The van der Waals surface area contributed by atoms with Crippen LogP contribution in [0.1, 0.15) is 31.2 Å². The fourth-order valence-electron chi connectivity index (χ4n) is 5.03. The maximum Gasteiger partial charge on any atom is 0.243 e. The van der Waals surface area contributed by atoms with Gasteiger partial charge < -0.3 is 14.4 Å². The number of amides is 1. The molecule has 2 heterocycles. The van der Waals surface area contributed by atoms with E-state index in [1.54, 1.807) is 14.2 Å². The molecule has 5 heteroatoms. The number of fused-ring (bicyclic) bond motifs is 1. The zero-order valence-corrected chi connectivity index (χ0v) is 16.9. The van der Waals surface area contributed by atoms with Crippen molar-refractivity contribution in [3.8, 4) is 5.75 Å². The molecule has 2 aliphatic heterocycles. The highest BCUT2D eigenvalue weighted by Crippen LogP contribution is 2.41. The second kappa shape index (κ2) is 8.10.